The number of hydrogen-bond acceptors (Lipinski definition) is 10. The number of aromatic hydroxyl groups is 2. The van der Waals surface area contributed by atoms with Crippen molar-refractivity contribution in [1.82, 2.24) is 0 Å². The molecule has 0 aliphatic heterocycles. The average molecular weight is 1030 g/mol. The molecule has 0 heterocycles. The fourth-order valence-corrected chi connectivity index (χ4v) is 11.0. The van der Waals surface area contributed by atoms with Gasteiger partial charge in [-0.25, -0.2) is 0 Å². The topological polar surface area (TPSA) is 114 Å². The van der Waals surface area contributed by atoms with Crippen molar-refractivity contribution < 1.29 is 48.1 Å². The Labute approximate surface area is 450 Å². The van der Waals surface area contributed by atoms with E-state index in [4.69, 9.17) is 37.9 Å². The normalized spacial score (nSPS) is 11.6. The van der Waals surface area contributed by atoms with Crippen molar-refractivity contribution in [3.63, 3.8) is 0 Å². The highest BCUT2D eigenvalue weighted by molar-refractivity contribution is 6.14. The smallest absolute Gasteiger partial charge is 0.188 e. The highest BCUT2D eigenvalue weighted by Gasteiger charge is 2.23. The minimum absolute atomic E-state index is 0.0651. The average Bonchev–Trinajstić information content (AvgIpc) is 3.52. The molecule has 0 radical (unpaired) electrons. The zero-order valence-electron chi connectivity index (χ0n) is 43.5. The largest absolute Gasteiger partial charge is 0.507 e. The van der Waals surface area contributed by atoms with Crippen molar-refractivity contribution in [3.05, 3.63) is 194 Å². The Kier molecular flexibility index (Phi) is 13.7. The Balaban J connectivity index is 0.923. The zero-order chi connectivity index (χ0) is 53.3. The first-order valence-electron chi connectivity index (χ1n) is 25.5. The van der Waals surface area contributed by atoms with Gasteiger partial charge in [-0.2, -0.15) is 0 Å². The molecule has 0 saturated heterocycles. The Morgan fingerprint density at radius 3 is 0.821 bits per heavy atom. The standard InChI is InChI=1S/C68H54O10/c1-71-37-75-59-29-19-41-9-5-7-11-51(41)65(59)67-55-25-15-45(35-49(55)21-31-61(67)77-39-73-3)43-13-23-53-47(33-43)17-27-57(69)63(53)64-54-24-14-44(34-48(54)18-28-58(64)70)46-16-26-56-50(36-46)22-32-62(78-40-74-4)68(56)66-52-12-8-6-10-42(52)20-30-60(66)76-38-72-2/h5-36,69-70H,37-40H2,1-4H3. The maximum absolute atomic E-state index is 11.7. The number of hydrogen-bond donors (Lipinski definition) is 2. The van der Waals surface area contributed by atoms with Crippen LogP contribution in [-0.4, -0.2) is 65.8 Å². The van der Waals surface area contributed by atoms with Crippen LogP contribution in [0.1, 0.15) is 0 Å². The van der Waals surface area contributed by atoms with Crippen LogP contribution < -0.4 is 18.9 Å². The second-order valence-corrected chi connectivity index (χ2v) is 19.1. The second-order valence-electron chi connectivity index (χ2n) is 19.1. The van der Waals surface area contributed by atoms with E-state index in [9.17, 15) is 10.2 Å². The highest BCUT2D eigenvalue weighted by atomic mass is 16.7. The van der Waals surface area contributed by atoms with Gasteiger partial charge < -0.3 is 48.1 Å². The van der Waals surface area contributed by atoms with Crippen LogP contribution in [-0.2, 0) is 18.9 Å². The monoisotopic (exact) mass is 1030 g/mol. The quantitative estimate of drug-likeness (QED) is 0.0855. The van der Waals surface area contributed by atoms with Gasteiger partial charge in [0.1, 0.15) is 34.5 Å². The molecule has 10 heteroatoms. The molecule has 386 valence electrons. The lowest BCUT2D eigenvalue weighted by atomic mass is 9.88. The molecule has 12 aromatic carbocycles. The molecule has 0 aliphatic rings. The molecule has 0 spiro atoms. The van der Waals surface area contributed by atoms with E-state index in [1.807, 2.05) is 72.8 Å². The van der Waals surface area contributed by atoms with E-state index in [0.717, 1.165) is 109 Å². The van der Waals surface area contributed by atoms with Crippen molar-refractivity contribution in [1.29, 1.82) is 0 Å². The third kappa shape index (κ3) is 9.06. The summed E-state index contributed by atoms with van der Waals surface area (Å²) in [5.41, 5.74) is 8.65. The molecule has 0 atom stereocenters. The highest BCUT2D eigenvalue weighted by Crippen LogP contribution is 2.50. The summed E-state index contributed by atoms with van der Waals surface area (Å²) in [6.07, 6.45) is 0. The molecule has 78 heavy (non-hydrogen) atoms. The lowest BCUT2D eigenvalue weighted by Gasteiger charge is -2.20. The first kappa shape index (κ1) is 49.7. The lowest BCUT2D eigenvalue weighted by Crippen LogP contribution is -2.03. The van der Waals surface area contributed by atoms with Gasteiger partial charge in [0.25, 0.3) is 0 Å². The summed E-state index contributed by atoms with van der Waals surface area (Å²) >= 11 is 0. The molecule has 10 nitrogen and oxygen atoms in total. The number of phenols is 2. The molecule has 0 aliphatic carbocycles. The number of methoxy groups -OCH3 is 4. The van der Waals surface area contributed by atoms with Crippen LogP contribution in [0.5, 0.6) is 34.5 Å². The van der Waals surface area contributed by atoms with Crippen molar-refractivity contribution in [2.45, 2.75) is 0 Å². The fraction of sp³-hybridized carbons (Fsp3) is 0.118. The predicted molar refractivity (Wildman–Crippen MR) is 312 cm³/mol. The second kappa shape index (κ2) is 21.5. The molecular weight excluding hydrogens is 977 g/mol. The van der Waals surface area contributed by atoms with Gasteiger partial charge >= 0.3 is 0 Å². The molecule has 0 unspecified atom stereocenters. The summed E-state index contributed by atoms with van der Waals surface area (Å²) in [7, 11) is 6.43. The molecular formula is C68H54O10. The van der Waals surface area contributed by atoms with Gasteiger partial charge in [-0.15, -0.1) is 0 Å². The fourth-order valence-electron chi connectivity index (χ4n) is 11.0. The molecule has 2 N–H and O–H groups in total. The van der Waals surface area contributed by atoms with Gasteiger partial charge in [0.2, 0.25) is 0 Å². The SMILES string of the molecule is COCOc1ccc2ccccc2c1-c1c(OCOC)ccc2cc(-c3ccc4c(-c5c(O)ccc6cc(-c7ccc8c(-c9c(OCOC)ccc%10ccccc9%10)c(OCOC)ccc8c7)ccc56)c(O)ccc4c3)ccc12. The first-order valence-corrected chi connectivity index (χ1v) is 25.5. The third-order valence-electron chi connectivity index (χ3n) is 14.5. The molecule has 0 aromatic heterocycles. The predicted octanol–water partition coefficient (Wildman–Crippen LogP) is 16.3. The first-order chi connectivity index (χ1) is 38.3. The summed E-state index contributed by atoms with van der Waals surface area (Å²) in [6, 6.07) is 65.1. The van der Waals surface area contributed by atoms with E-state index >= 15 is 0 Å². The van der Waals surface area contributed by atoms with Gasteiger partial charge in [0.05, 0.1) is 0 Å². The third-order valence-corrected chi connectivity index (χ3v) is 14.5. The van der Waals surface area contributed by atoms with Crippen molar-refractivity contribution >= 4 is 64.6 Å². The Morgan fingerprint density at radius 2 is 0.513 bits per heavy atom. The minimum atomic E-state index is 0.0651. The zero-order valence-corrected chi connectivity index (χ0v) is 43.5. The maximum atomic E-state index is 11.7. The van der Waals surface area contributed by atoms with E-state index < -0.39 is 0 Å². The Bertz CT molecular complexity index is 3990. The molecule has 0 bridgehead atoms. The van der Waals surface area contributed by atoms with Crippen LogP contribution >= 0.6 is 0 Å². The summed E-state index contributed by atoms with van der Waals surface area (Å²) in [5, 5.41) is 35.0. The van der Waals surface area contributed by atoms with Crippen LogP contribution in [0, 0.1) is 0 Å². The van der Waals surface area contributed by atoms with Crippen molar-refractivity contribution in [2.24, 2.45) is 0 Å². The van der Waals surface area contributed by atoms with E-state index in [1.165, 1.54) is 0 Å². The van der Waals surface area contributed by atoms with Crippen LogP contribution in [0.2, 0.25) is 0 Å². The van der Waals surface area contributed by atoms with Gasteiger partial charge in [0, 0.05) is 61.8 Å². The molecule has 12 aromatic rings. The van der Waals surface area contributed by atoms with Crippen molar-refractivity contribution in [2.75, 3.05) is 55.6 Å². The number of benzene rings is 12. The van der Waals surface area contributed by atoms with E-state index in [2.05, 4.69) is 109 Å². The van der Waals surface area contributed by atoms with Gasteiger partial charge in [-0.3, -0.25) is 0 Å². The molecule has 0 fully saturated rings. The molecule has 12 rings (SSSR count). The van der Waals surface area contributed by atoms with Crippen molar-refractivity contribution in [3.8, 4) is 90.1 Å². The summed E-state index contributed by atoms with van der Waals surface area (Å²) in [4.78, 5) is 0. The number of phenolic OH excluding ortho intramolecular Hbond substituents is 2. The Morgan fingerprint density at radius 1 is 0.256 bits per heavy atom. The van der Waals surface area contributed by atoms with Gasteiger partial charge in [-0.1, -0.05) is 133 Å². The van der Waals surface area contributed by atoms with E-state index in [0.29, 0.717) is 34.1 Å². The van der Waals surface area contributed by atoms with Crippen LogP contribution in [0.25, 0.3) is 120 Å². The van der Waals surface area contributed by atoms with Crippen LogP contribution in [0.4, 0.5) is 0 Å². The maximum Gasteiger partial charge on any atom is 0.188 e. The summed E-state index contributed by atoms with van der Waals surface area (Å²) in [5.74, 6) is 2.80. The number of ether oxygens (including phenoxy) is 8. The van der Waals surface area contributed by atoms with Crippen LogP contribution in [0.15, 0.2) is 194 Å². The van der Waals surface area contributed by atoms with E-state index in [1.54, 1.807) is 40.6 Å². The van der Waals surface area contributed by atoms with Gasteiger partial charge in [0.15, 0.2) is 27.2 Å². The number of fused-ring (bicyclic) bond motifs is 6. The van der Waals surface area contributed by atoms with E-state index in [-0.39, 0.29) is 38.7 Å². The summed E-state index contributed by atoms with van der Waals surface area (Å²) < 4.78 is 46.3. The minimum Gasteiger partial charge on any atom is -0.507 e. The lowest BCUT2D eigenvalue weighted by molar-refractivity contribution is 0.0502. The molecule has 0 amide bonds. The summed E-state index contributed by atoms with van der Waals surface area (Å²) in [6.45, 7) is 0.317. The molecule has 0 saturated carbocycles. The van der Waals surface area contributed by atoms with Gasteiger partial charge in [-0.05, 0) is 148 Å². The Hall–Kier alpha value is -9.16. The van der Waals surface area contributed by atoms with Crippen LogP contribution in [0.3, 0.4) is 0 Å². The number of rotatable bonds is 17.